The zero-order valence-corrected chi connectivity index (χ0v) is 20.4. The number of aryl methyl sites for hydroxylation is 2. The lowest BCUT2D eigenvalue weighted by molar-refractivity contribution is 0.102. The van der Waals surface area contributed by atoms with Crippen molar-refractivity contribution in [2.24, 2.45) is 0 Å². The number of amides is 1. The molecular formula is C25H27ClN2O3S. The molecule has 5 nitrogen and oxygen atoms in total. The van der Waals surface area contributed by atoms with E-state index in [1.54, 1.807) is 24.3 Å². The topological polar surface area (TPSA) is 75.3 Å². The molecule has 0 bridgehead atoms. The maximum absolute atomic E-state index is 13.0. The minimum Gasteiger partial charge on any atom is -0.322 e. The van der Waals surface area contributed by atoms with Crippen molar-refractivity contribution in [2.45, 2.75) is 44.9 Å². The van der Waals surface area contributed by atoms with Gasteiger partial charge in [-0.3, -0.25) is 9.52 Å². The van der Waals surface area contributed by atoms with Crippen molar-refractivity contribution in [2.75, 3.05) is 10.0 Å². The molecule has 1 amide bonds. The first kappa shape index (κ1) is 23.8. The number of rotatable bonds is 5. The average molecular weight is 471 g/mol. The molecule has 0 unspecified atom stereocenters. The van der Waals surface area contributed by atoms with Crippen LogP contribution >= 0.6 is 11.6 Å². The van der Waals surface area contributed by atoms with E-state index in [0.29, 0.717) is 16.9 Å². The number of halogens is 1. The van der Waals surface area contributed by atoms with Crippen LogP contribution in [0.3, 0.4) is 0 Å². The van der Waals surface area contributed by atoms with Crippen molar-refractivity contribution < 1.29 is 13.2 Å². The first-order chi connectivity index (χ1) is 14.9. The van der Waals surface area contributed by atoms with E-state index in [1.165, 1.54) is 12.1 Å². The van der Waals surface area contributed by atoms with E-state index in [2.05, 4.69) is 30.8 Å². The van der Waals surface area contributed by atoms with Gasteiger partial charge in [-0.05, 0) is 66.8 Å². The molecule has 32 heavy (non-hydrogen) atoms. The van der Waals surface area contributed by atoms with E-state index >= 15 is 0 Å². The molecule has 3 aromatic rings. The highest BCUT2D eigenvalue weighted by Crippen LogP contribution is 2.29. The Morgan fingerprint density at radius 2 is 1.56 bits per heavy atom. The largest absolute Gasteiger partial charge is 0.322 e. The second-order valence-electron chi connectivity index (χ2n) is 8.85. The van der Waals surface area contributed by atoms with Crippen molar-refractivity contribution >= 4 is 38.9 Å². The molecule has 0 aliphatic heterocycles. The van der Waals surface area contributed by atoms with Crippen molar-refractivity contribution in [3.63, 3.8) is 0 Å². The van der Waals surface area contributed by atoms with Crippen molar-refractivity contribution in [3.8, 4) is 0 Å². The Kier molecular flexibility index (Phi) is 6.67. The third-order valence-electron chi connectivity index (χ3n) is 5.12. The van der Waals surface area contributed by atoms with Gasteiger partial charge in [-0.25, -0.2) is 8.42 Å². The van der Waals surface area contributed by atoms with Gasteiger partial charge < -0.3 is 5.32 Å². The van der Waals surface area contributed by atoms with Gasteiger partial charge in [-0.1, -0.05) is 62.2 Å². The van der Waals surface area contributed by atoms with E-state index in [4.69, 9.17) is 11.6 Å². The number of carbonyl (C=O) groups is 1. The summed E-state index contributed by atoms with van der Waals surface area (Å²) in [5.41, 5.74) is 4.21. The Morgan fingerprint density at radius 1 is 0.906 bits per heavy atom. The van der Waals surface area contributed by atoms with Crippen LogP contribution in [0.1, 0.15) is 47.8 Å². The molecule has 0 fully saturated rings. The van der Waals surface area contributed by atoms with Crippen LogP contribution < -0.4 is 10.0 Å². The highest BCUT2D eigenvalue weighted by Gasteiger charge is 2.21. The molecule has 0 aromatic heterocycles. The molecule has 3 aromatic carbocycles. The fourth-order valence-corrected chi connectivity index (χ4v) is 4.90. The lowest BCUT2D eigenvalue weighted by atomic mass is 9.87. The number of carbonyl (C=O) groups excluding carboxylic acids is 1. The quantitative estimate of drug-likeness (QED) is 0.459. The summed E-state index contributed by atoms with van der Waals surface area (Å²) in [5.74, 6) is -0.335. The van der Waals surface area contributed by atoms with Gasteiger partial charge in [-0.2, -0.15) is 0 Å². The van der Waals surface area contributed by atoms with Gasteiger partial charge in [0.05, 0.1) is 10.7 Å². The van der Waals surface area contributed by atoms with Crippen molar-refractivity contribution in [1.29, 1.82) is 0 Å². The Bertz CT molecular complexity index is 1260. The van der Waals surface area contributed by atoms with Crippen LogP contribution in [0.25, 0.3) is 0 Å². The SMILES string of the molecule is Cc1ccc(NS(=O)(=O)c2cc(NC(=O)c3ccc(C(C)(C)C)cc3)ccc2Cl)c(C)c1. The predicted molar refractivity (Wildman–Crippen MR) is 131 cm³/mol. The lowest BCUT2D eigenvalue weighted by Crippen LogP contribution is -2.16. The molecule has 0 aliphatic rings. The third kappa shape index (κ3) is 5.50. The summed E-state index contributed by atoms with van der Waals surface area (Å²) in [6.45, 7) is 10.1. The van der Waals surface area contributed by atoms with Crippen LogP contribution in [0.4, 0.5) is 11.4 Å². The van der Waals surface area contributed by atoms with Crippen LogP contribution in [-0.2, 0) is 15.4 Å². The van der Waals surface area contributed by atoms with Crippen LogP contribution in [0, 0.1) is 13.8 Å². The summed E-state index contributed by atoms with van der Waals surface area (Å²) in [4.78, 5) is 12.6. The van der Waals surface area contributed by atoms with Crippen LogP contribution in [0.15, 0.2) is 65.6 Å². The summed E-state index contributed by atoms with van der Waals surface area (Å²) in [7, 11) is -3.96. The number of nitrogens with one attached hydrogen (secondary N) is 2. The number of anilines is 2. The van der Waals surface area contributed by atoms with E-state index in [1.807, 2.05) is 38.1 Å². The van der Waals surface area contributed by atoms with Gasteiger partial charge in [0, 0.05) is 11.3 Å². The number of hydrogen-bond donors (Lipinski definition) is 2. The lowest BCUT2D eigenvalue weighted by Gasteiger charge is -2.19. The molecule has 2 N–H and O–H groups in total. The molecule has 3 rings (SSSR count). The monoisotopic (exact) mass is 470 g/mol. The highest BCUT2D eigenvalue weighted by atomic mass is 35.5. The molecule has 0 heterocycles. The second-order valence-corrected chi connectivity index (χ2v) is 10.9. The van der Waals surface area contributed by atoms with E-state index in [0.717, 1.165) is 16.7 Å². The van der Waals surface area contributed by atoms with Gasteiger partial charge in [-0.15, -0.1) is 0 Å². The van der Waals surface area contributed by atoms with Gasteiger partial charge >= 0.3 is 0 Å². The molecule has 0 atom stereocenters. The number of sulfonamides is 1. The normalized spacial score (nSPS) is 11.8. The van der Waals surface area contributed by atoms with Gasteiger partial charge in [0.25, 0.3) is 15.9 Å². The molecule has 0 saturated heterocycles. The summed E-state index contributed by atoms with van der Waals surface area (Å²) < 4.78 is 28.6. The van der Waals surface area contributed by atoms with E-state index in [-0.39, 0.29) is 21.2 Å². The number of benzene rings is 3. The minimum atomic E-state index is -3.96. The molecule has 0 aliphatic carbocycles. The van der Waals surface area contributed by atoms with E-state index in [9.17, 15) is 13.2 Å². The zero-order chi connectivity index (χ0) is 23.7. The van der Waals surface area contributed by atoms with Crippen LogP contribution in [0.2, 0.25) is 5.02 Å². The Balaban J connectivity index is 1.84. The van der Waals surface area contributed by atoms with Crippen molar-refractivity contribution in [3.05, 3.63) is 87.9 Å². The number of hydrogen-bond acceptors (Lipinski definition) is 3. The summed E-state index contributed by atoms with van der Waals surface area (Å²) in [6.07, 6.45) is 0. The van der Waals surface area contributed by atoms with Crippen molar-refractivity contribution in [1.82, 2.24) is 0 Å². The Morgan fingerprint density at radius 3 is 2.16 bits per heavy atom. The average Bonchev–Trinajstić information content (AvgIpc) is 2.71. The first-order valence-electron chi connectivity index (χ1n) is 10.2. The first-order valence-corrected chi connectivity index (χ1v) is 12.0. The third-order valence-corrected chi connectivity index (χ3v) is 6.97. The summed E-state index contributed by atoms with van der Waals surface area (Å²) in [6, 6.07) is 17.2. The molecule has 0 spiro atoms. The van der Waals surface area contributed by atoms with E-state index < -0.39 is 10.0 Å². The van der Waals surface area contributed by atoms with Gasteiger partial charge in [0.15, 0.2) is 0 Å². The summed E-state index contributed by atoms with van der Waals surface area (Å²) >= 11 is 6.19. The maximum atomic E-state index is 13.0. The minimum absolute atomic E-state index is 0.0166. The Hall–Kier alpha value is -2.83. The predicted octanol–water partition coefficient (Wildman–Crippen LogP) is 6.31. The second kappa shape index (κ2) is 8.96. The van der Waals surface area contributed by atoms with Gasteiger partial charge in [0.2, 0.25) is 0 Å². The zero-order valence-electron chi connectivity index (χ0n) is 18.8. The summed E-state index contributed by atoms with van der Waals surface area (Å²) in [5, 5.41) is 2.81. The maximum Gasteiger partial charge on any atom is 0.263 e. The fraction of sp³-hybridized carbons (Fsp3) is 0.240. The van der Waals surface area contributed by atoms with Crippen LogP contribution in [-0.4, -0.2) is 14.3 Å². The molecule has 168 valence electrons. The molecular weight excluding hydrogens is 444 g/mol. The standard InChI is InChI=1S/C25H27ClN2O3S/c1-16-6-13-22(17(2)14-16)28-32(30,31)23-15-20(11-12-21(23)26)27-24(29)18-7-9-19(10-8-18)25(3,4)5/h6-15,28H,1-5H3,(H,27,29). The highest BCUT2D eigenvalue weighted by molar-refractivity contribution is 7.92. The molecule has 0 saturated carbocycles. The Labute approximate surface area is 194 Å². The smallest absolute Gasteiger partial charge is 0.263 e. The molecule has 7 heteroatoms. The fourth-order valence-electron chi connectivity index (χ4n) is 3.24. The molecule has 0 radical (unpaired) electrons. The van der Waals surface area contributed by atoms with Gasteiger partial charge in [0.1, 0.15) is 4.90 Å². The van der Waals surface area contributed by atoms with Crippen LogP contribution in [0.5, 0.6) is 0 Å².